The summed E-state index contributed by atoms with van der Waals surface area (Å²) in [6.07, 6.45) is 4.10. The molecule has 3 rings (SSSR count). The summed E-state index contributed by atoms with van der Waals surface area (Å²) in [4.78, 5) is 30.2. The topological polar surface area (TPSA) is 97.7 Å². The smallest absolute Gasteiger partial charge is 0.332 e. The third-order valence-electron chi connectivity index (χ3n) is 4.71. The van der Waals surface area contributed by atoms with Gasteiger partial charge in [0.1, 0.15) is 0 Å². The fraction of sp³-hybridized carbons (Fsp3) is 0.529. The van der Waals surface area contributed by atoms with Gasteiger partial charge in [-0.1, -0.05) is 12.2 Å². The Kier molecular flexibility index (Phi) is 4.82. The SMILES string of the molecule is C/C=C\Cn1c(=O)c2c(nc3n2[C@@H](C)C(C)=NN3CCCO)n(C)c1=O. The molecule has 0 fully saturated rings. The van der Waals surface area contributed by atoms with Crippen LogP contribution in [0.5, 0.6) is 0 Å². The van der Waals surface area contributed by atoms with Crippen molar-refractivity contribution >= 4 is 22.8 Å². The summed E-state index contributed by atoms with van der Waals surface area (Å²) in [7, 11) is 1.62. The van der Waals surface area contributed by atoms with Crippen LogP contribution < -0.4 is 16.3 Å². The van der Waals surface area contributed by atoms with E-state index in [-0.39, 0.29) is 24.8 Å². The van der Waals surface area contributed by atoms with Crippen molar-refractivity contribution in [2.45, 2.75) is 39.8 Å². The molecule has 0 amide bonds. The largest absolute Gasteiger partial charge is 0.396 e. The Morgan fingerprint density at radius 3 is 2.69 bits per heavy atom. The van der Waals surface area contributed by atoms with Crippen LogP contribution >= 0.6 is 0 Å². The Labute approximate surface area is 150 Å². The van der Waals surface area contributed by atoms with Gasteiger partial charge in [0.15, 0.2) is 11.2 Å². The van der Waals surface area contributed by atoms with E-state index < -0.39 is 5.69 Å². The molecule has 0 spiro atoms. The van der Waals surface area contributed by atoms with Crippen molar-refractivity contribution in [2.24, 2.45) is 12.1 Å². The molecule has 26 heavy (non-hydrogen) atoms. The minimum Gasteiger partial charge on any atom is -0.396 e. The number of fused-ring (bicyclic) bond motifs is 3. The van der Waals surface area contributed by atoms with E-state index >= 15 is 0 Å². The van der Waals surface area contributed by atoms with Gasteiger partial charge in [-0.05, 0) is 27.2 Å². The van der Waals surface area contributed by atoms with Crippen molar-refractivity contribution < 1.29 is 5.11 Å². The van der Waals surface area contributed by atoms with E-state index in [9.17, 15) is 9.59 Å². The van der Waals surface area contributed by atoms with E-state index in [1.807, 2.05) is 25.3 Å². The van der Waals surface area contributed by atoms with E-state index in [2.05, 4.69) is 10.1 Å². The first-order chi connectivity index (χ1) is 12.4. The fourth-order valence-corrected chi connectivity index (χ4v) is 3.12. The molecule has 140 valence electrons. The molecule has 0 aromatic carbocycles. The van der Waals surface area contributed by atoms with E-state index in [4.69, 9.17) is 5.11 Å². The summed E-state index contributed by atoms with van der Waals surface area (Å²) >= 11 is 0. The summed E-state index contributed by atoms with van der Waals surface area (Å²) < 4.78 is 4.45. The second-order valence-electron chi connectivity index (χ2n) is 6.40. The lowest BCUT2D eigenvalue weighted by molar-refractivity contribution is 0.289. The zero-order chi connectivity index (χ0) is 19.0. The van der Waals surface area contributed by atoms with E-state index in [0.717, 1.165) is 5.71 Å². The maximum Gasteiger partial charge on any atom is 0.332 e. The molecule has 1 N–H and O–H groups in total. The third kappa shape index (κ3) is 2.68. The van der Waals surface area contributed by atoms with Crippen molar-refractivity contribution in [1.29, 1.82) is 0 Å². The molecule has 1 atom stereocenters. The van der Waals surface area contributed by atoms with E-state index in [1.165, 1.54) is 9.13 Å². The van der Waals surface area contributed by atoms with Crippen LogP contribution in [-0.2, 0) is 13.6 Å². The highest BCUT2D eigenvalue weighted by Gasteiger charge is 2.30. The molecule has 3 heterocycles. The molecule has 2 aromatic heterocycles. The molecule has 9 nitrogen and oxygen atoms in total. The lowest BCUT2D eigenvalue weighted by Crippen LogP contribution is -2.40. The minimum atomic E-state index is -0.400. The quantitative estimate of drug-likeness (QED) is 0.788. The lowest BCUT2D eigenvalue weighted by Gasteiger charge is -2.29. The van der Waals surface area contributed by atoms with Crippen molar-refractivity contribution in [2.75, 3.05) is 18.2 Å². The molecule has 0 saturated carbocycles. The summed E-state index contributed by atoms with van der Waals surface area (Å²) in [6.45, 7) is 6.42. The van der Waals surface area contributed by atoms with E-state index in [0.29, 0.717) is 30.1 Å². The van der Waals surface area contributed by atoms with Gasteiger partial charge in [-0.2, -0.15) is 10.1 Å². The molecular weight excluding hydrogens is 336 g/mol. The summed E-state index contributed by atoms with van der Waals surface area (Å²) in [5, 5.41) is 15.4. The Balaban J connectivity index is 2.32. The monoisotopic (exact) mass is 360 g/mol. The molecule has 2 aromatic rings. The number of nitrogens with zero attached hydrogens (tertiary/aromatic N) is 6. The molecular formula is C17H24N6O3. The molecule has 0 aliphatic carbocycles. The van der Waals surface area contributed by atoms with Gasteiger partial charge in [0.05, 0.1) is 11.8 Å². The number of aliphatic hydroxyl groups excluding tert-OH is 1. The van der Waals surface area contributed by atoms with Crippen LogP contribution in [-0.4, -0.2) is 42.7 Å². The van der Waals surface area contributed by atoms with Crippen LogP contribution in [0.4, 0.5) is 5.95 Å². The number of anilines is 1. The van der Waals surface area contributed by atoms with Gasteiger partial charge < -0.3 is 5.11 Å². The van der Waals surface area contributed by atoms with E-state index in [1.54, 1.807) is 24.2 Å². The van der Waals surface area contributed by atoms with Gasteiger partial charge >= 0.3 is 5.69 Å². The zero-order valence-electron chi connectivity index (χ0n) is 15.5. The average molecular weight is 360 g/mol. The van der Waals surface area contributed by atoms with Gasteiger partial charge in [0.2, 0.25) is 5.95 Å². The molecule has 9 heteroatoms. The highest BCUT2D eigenvalue weighted by molar-refractivity contribution is 5.91. The van der Waals surface area contributed by atoms with Gasteiger partial charge in [0, 0.05) is 26.7 Å². The number of hydrogen-bond donors (Lipinski definition) is 1. The molecule has 1 aliphatic rings. The number of allylic oxidation sites excluding steroid dienone is 2. The molecule has 0 saturated heterocycles. The number of hydrazone groups is 1. The van der Waals surface area contributed by atoms with Crippen molar-refractivity contribution in [3.05, 3.63) is 33.0 Å². The minimum absolute atomic E-state index is 0.0372. The number of aliphatic hydroxyl groups is 1. The number of hydrogen-bond acceptors (Lipinski definition) is 6. The average Bonchev–Trinajstić information content (AvgIpc) is 3.03. The number of rotatable bonds is 5. The van der Waals surface area contributed by atoms with Crippen molar-refractivity contribution in [3.63, 3.8) is 0 Å². The number of imidazole rings is 1. The summed E-state index contributed by atoms with van der Waals surface area (Å²) in [5.41, 5.74) is 0.815. The van der Waals surface area contributed by atoms with Gasteiger partial charge in [-0.15, -0.1) is 0 Å². The van der Waals surface area contributed by atoms with Gasteiger partial charge in [0.25, 0.3) is 5.56 Å². The Morgan fingerprint density at radius 2 is 2.04 bits per heavy atom. The molecule has 0 bridgehead atoms. The standard InChI is InChI=1S/C17H24N6O3/c1-5-6-8-21-15(25)13-14(20(4)17(21)26)18-16-22(9-7-10-24)19-11(2)12(3)23(13)16/h5-6,12,24H,7-10H2,1-4H3/b6-5-/t12-/m0/s1. The summed E-state index contributed by atoms with van der Waals surface area (Å²) in [6, 6.07) is -0.152. The Bertz CT molecular complexity index is 1010. The molecule has 0 unspecified atom stereocenters. The highest BCUT2D eigenvalue weighted by Crippen LogP contribution is 2.29. The van der Waals surface area contributed by atoms with Crippen LogP contribution in [0, 0.1) is 0 Å². The van der Waals surface area contributed by atoms with Crippen LogP contribution in [0.15, 0.2) is 26.8 Å². The highest BCUT2D eigenvalue weighted by atomic mass is 16.3. The number of aromatic nitrogens is 4. The lowest BCUT2D eigenvalue weighted by atomic mass is 10.2. The fourth-order valence-electron chi connectivity index (χ4n) is 3.12. The molecule has 1 aliphatic heterocycles. The van der Waals surface area contributed by atoms with Crippen LogP contribution in [0.25, 0.3) is 11.2 Å². The van der Waals surface area contributed by atoms with Crippen molar-refractivity contribution in [1.82, 2.24) is 18.7 Å². The zero-order valence-corrected chi connectivity index (χ0v) is 15.5. The first-order valence-corrected chi connectivity index (χ1v) is 8.68. The predicted octanol–water partition coefficient (Wildman–Crippen LogP) is 0.612. The first kappa shape index (κ1) is 18.1. The van der Waals surface area contributed by atoms with Crippen LogP contribution in [0.3, 0.4) is 0 Å². The number of aryl methyl sites for hydroxylation is 1. The van der Waals surface area contributed by atoms with Crippen LogP contribution in [0.1, 0.15) is 33.2 Å². The van der Waals surface area contributed by atoms with Crippen LogP contribution in [0.2, 0.25) is 0 Å². The first-order valence-electron chi connectivity index (χ1n) is 8.68. The normalized spacial score (nSPS) is 17.2. The van der Waals surface area contributed by atoms with Gasteiger partial charge in [-0.25, -0.2) is 9.80 Å². The third-order valence-corrected chi connectivity index (χ3v) is 4.71. The predicted molar refractivity (Wildman–Crippen MR) is 101 cm³/mol. The Morgan fingerprint density at radius 1 is 1.31 bits per heavy atom. The summed E-state index contributed by atoms with van der Waals surface area (Å²) in [5.74, 6) is 0.516. The maximum atomic E-state index is 13.1. The maximum absolute atomic E-state index is 13.1. The van der Waals surface area contributed by atoms with Gasteiger partial charge in [-0.3, -0.25) is 18.5 Å². The second kappa shape index (κ2) is 6.91. The second-order valence-corrected chi connectivity index (χ2v) is 6.40. The van der Waals surface area contributed by atoms with Crippen molar-refractivity contribution in [3.8, 4) is 0 Å². The molecule has 0 radical (unpaired) electrons. The Hall–Kier alpha value is -2.68.